The Balaban J connectivity index is 2.45. The van der Waals surface area contributed by atoms with E-state index in [2.05, 4.69) is 11.2 Å². The van der Waals surface area contributed by atoms with Crippen molar-refractivity contribution in [2.75, 3.05) is 13.1 Å². The van der Waals surface area contributed by atoms with E-state index in [1.807, 2.05) is 0 Å². The third kappa shape index (κ3) is 3.81. The van der Waals surface area contributed by atoms with E-state index in [0.717, 1.165) is 12.8 Å². The van der Waals surface area contributed by atoms with Crippen LogP contribution in [0.2, 0.25) is 0 Å². The van der Waals surface area contributed by atoms with Gasteiger partial charge in [-0.2, -0.15) is 0 Å². The first-order chi connectivity index (χ1) is 7.54. The molecule has 0 aliphatic heterocycles. The molecule has 1 saturated carbocycles. The second-order valence-electron chi connectivity index (χ2n) is 4.04. The first-order valence-corrected chi connectivity index (χ1v) is 5.26. The Kier molecular flexibility index (Phi) is 4.18. The zero-order chi connectivity index (χ0) is 12.1. The number of nitrogens with zero attached hydrogens (tertiary/aromatic N) is 1. The monoisotopic (exact) mass is 224 g/mol. The molecule has 0 radical (unpaired) electrons. The van der Waals surface area contributed by atoms with Crippen molar-refractivity contribution in [1.82, 2.24) is 10.2 Å². The minimum Gasteiger partial charge on any atom is -0.480 e. The van der Waals surface area contributed by atoms with Crippen LogP contribution in [0, 0.1) is 18.3 Å². The molecule has 0 saturated heterocycles. The lowest BCUT2D eigenvalue weighted by atomic mass is 10.3. The Bertz CT molecular complexity index is 318. The van der Waals surface area contributed by atoms with Crippen molar-refractivity contribution in [1.29, 1.82) is 0 Å². The summed E-state index contributed by atoms with van der Waals surface area (Å²) in [4.78, 5) is 23.7. The lowest BCUT2D eigenvalue weighted by Crippen LogP contribution is -2.47. The zero-order valence-corrected chi connectivity index (χ0v) is 9.27. The van der Waals surface area contributed by atoms with Crippen molar-refractivity contribution in [3.8, 4) is 12.3 Å². The SMILES string of the molecule is C#CCN(CC1CC1)C(=O)N[C@H](C)C(=O)O. The summed E-state index contributed by atoms with van der Waals surface area (Å²) >= 11 is 0. The number of carboxylic acid groups (broad SMARTS) is 1. The van der Waals surface area contributed by atoms with Gasteiger partial charge in [-0.25, -0.2) is 4.79 Å². The lowest BCUT2D eigenvalue weighted by Gasteiger charge is -2.21. The van der Waals surface area contributed by atoms with E-state index in [9.17, 15) is 9.59 Å². The minimum absolute atomic E-state index is 0.217. The average molecular weight is 224 g/mol. The number of carboxylic acids is 1. The number of aliphatic carboxylic acids is 1. The molecule has 0 unspecified atom stereocenters. The van der Waals surface area contributed by atoms with Crippen LogP contribution >= 0.6 is 0 Å². The van der Waals surface area contributed by atoms with E-state index < -0.39 is 18.0 Å². The number of urea groups is 1. The molecule has 1 fully saturated rings. The van der Waals surface area contributed by atoms with Crippen LogP contribution in [0.4, 0.5) is 4.79 Å². The lowest BCUT2D eigenvalue weighted by molar-refractivity contribution is -0.138. The number of rotatable bonds is 5. The highest BCUT2D eigenvalue weighted by molar-refractivity contribution is 5.82. The quantitative estimate of drug-likeness (QED) is 0.669. The number of hydrogen-bond acceptors (Lipinski definition) is 2. The summed E-state index contributed by atoms with van der Waals surface area (Å²) in [5.41, 5.74) is 0. The van der Waals surface area contributed by atoms with E-state index in [1.165, 1.54) is 11.8 Å². The standard InChI is InChI=1S/C11H16N2O3/c1-3-6-13(7-9-4-5-9)11(16)12-8(2)10(14)15/h1,8-9H,4-7H2,2H3,(H,12,16)(H,14,15)/t8-/m1/s1. The highest BCUT2D eigenvalue weighted by Gasteiger charge is 2.27. The van der Waals surface area contributed by atoms with Crippen LogP contribution in [0.15, 0.2) is 0 Å². The van der Waals surface area contributed by atoms with Gasteiger partial charge in [-0.05, 0) is 25.7 Å². The topological polar surface area (TPSA) is 69.6 Å². The fourth-order valence-electron chi connectivity index (χ4n) is 1.28. The van der Waals surface area contributed by atoms with Gasteiger partial charge in [-0.3, -0.25) is 4.79 Å². The van der Waals surface area contributed by atoms with E-state index >= 15 is 0 Å². The molecule has 0 aromatic rings. The summed E-state index contributed by atoms with van der Waals surface area (Å²) in [5, 5.41) is 11.1. The van der Waals surface area contributed by atoms with Crippen molar-refractivity contribution in [3.05, 3.63) is 0 Å². The third-order valence-corrected chi connectivity index (χ3v) is 2.46. The average Bonchev–Trinajstić information content (AvgIpc) is 3.00. The van der Waals surface area contributed by atoms with Crippen LogP contribution in [-0.2, 0) is 4.79 Å². The van der Waals surface area contributed by atoms with Gasteiger partial charge < -0.3 is 15.3 Å². The second kappa shape index (κ2) is 5.40. The Morgan fingerprint density at radius 2 is 2.25 bits per heavy atom. The van der Waals surface area contributed by atoms with Crippen molar-refractivity contribution in [3.63, 3.8) is 0 Å². The molecule has 5 heteroatoms. The Morgan fingerprint density at radius 3 is 2.69 bits per heavy atom. The molecule has 0 aromatic heterocycles. The number of hydrogen-bond donors (Lipinski definition) is 2. The molecule has 0 heterocycles. The van der Waals surface area contributed by atoms with E-state index in [1.54, 1.807) is 0 Å². The largest absolute Gasteiger partial charge is 0.480 e. The van der Waals surface area contributed by atoms with Crippen molar-refractivity contribution in [2.45, 2.75) is 25.8 Å². The molecular weight excluding hydrogens is 208 g/mol. The zero-order valence-electron chi connectivity index (χ0n) is 9.27. The van der Waals surface area contributed by atoms with E-state index in [4.69, 9.17) is 11.5 Å². The molecule has 1 aliphatic carbocycles. The van der Waals surface area contributed by atoms with Gasteiger partial charge in [0.25, 0.3) is 0 Å². The molecule has 0 bridgehead atoms. The second-order valence-corrected chi connectivity index (χ2v) is 4.04. The summed E-state index contributed by atoms with van der Waals surface area (Å²) in [6.45, 7) is 2.25. The van der Waals surface area contributed by atoms with E-state index in [0.29, 0.717) is 12.5 Å². The third-order valence-electron chi connectivity index (χ3n) is 2.46. The molecular formula is C11H16N2O3. The van der Waals surface area contributed by atoms with Gasteiger partial charge >= 0.3 is 12.0 Å². The minimum atomic E-state index is -1.06. The number of carbonyl (C=O) groups excluding carboxylic acids is 1. The predicted molar refractivity (Wildman–Crippen MR) is 58.8 cm³/mol. The van der Waals surface area contributed by atoms with Gasteiger partial charge in [-0.1, -0.05) is 5.92 Å². The molecule has 1 atom stereocenters. The molecule has 1 rings (SSSR count). The predicted octanol–water partition coefficient (Wildman–Crippen LogP) is 0.514. The smallest absolute Gasteiger partial charge is 0.325 e. The summed E-state index contributed by atoms with van der Waals surface area (Å²) in [6.07, 6.45) is 7.39. The maximum Gasteiger partial charge on any atom is 0.325 e. The van der Waals surface area contributed by atoms with Gasteiger partial charge in [0.2, 0.25) is 0 Å². The Labute approximate surface area is 94.8 Å². The molecule has 16 heavy (non-hydrogen) atoms. The van der Waals surface area contributed by atoms with Crippen molar-refractivity contribution in [2.24, 2.45) is 5.92 Å². The van der Waals surface area contributed by atoms with Crippen molar-refractivity contribution >= 4 is 12.0 Å². The Hall–Kier alpha value is -1.70. The molecule has 1 aliphatic rings. The van der Waals surface area contributed by atoms with Gasteiger partial charge in [-0.15, -0.1) is 6.42 Å². The molecule has 5 nitrogen and oxygen atoms in total. The van der Waals surface area contributed by atoms with Gasteiger partial charge in [0, 0.05) is 6.54 Å². The molecule has 2 amide bonds. The van der Waals surface area contributed by atoms with Gasteiger partial charge in [0.1, 0.15) is 6.04 Å². The molecule has 0 aromatic carbocycles. The highest BCUT2D eigenvalue weighted by atomic mass is 16.4. The van der Waals surface area contributed by atoms with Gasteiger partial charge in [0.05, 0.1) is 6.54 Å². The van der Waals surface area contributed by atoms with Crippen LogP contribution in [0.5, 0.6) is 0 Å². The van der Waals surface area contributed by atoms with Crippen LogP contribution in [-0.4, -0.2) is 41.1 Å². The maximum absolute atomic E-state index is 11.7. The van der Waals surface area contributed by atoms with Crippen molar-refractivity contribution < 1.29 is 14.7 Å². The van der Waals surface area contributed by atoms with Crippen LogP contribution in [0.25, 0.3) is 0 Å². The first kappa shape index (κ1) is 12.4. The highest BCUT2D eigenvalue weighted by Crippen LogP contribution is 2.29. The number of nitrogens with one attached hydrogen (secondary N) is 1. The first-order valence-electron chi connectivity index (χ1n) is 5.26. The Morgan fingerprint density at radius 1 is 1.62 bits per heavy atom. The fourth-order valence-corrected chi connectivity index (χ4v) is 1.28. The van der Waals surface area contributed by atoms with Crippen LogP contribution < -0.4 is 5.32 Å². The summed E-state index contributed by atoms with van der Waals surface area (Å²) in [6, 6.07) is -1.30. The molecule has 88 valence electrons. The number of carbonyl (C=O) groups is 2. The fraction of sp³-hybridized carbons (Fsp3) is 0.636. The summed E-state index contributed by atoms with van der Waals surface area (Å²) < 4.78 is 0. The maximum atomic E-state index is 11.7. The number of amides is 2. The van der Waals surface area contributed by atoms with Gasteiger partial charge in [0.15, 0.2) is 0 Å². The molecule has 2 N–H and O–H groups in total. The molecule has 0 spiro atoms. The van der Waals surface area contributed by atoms with E-state index in [-0.39, 0.29) is 6.54 Å². The summed E-state index contributed by atoms with van der Waals surface area (Å²) in [5.74, 6) is 1.87. The summed E-state index contributed by atoms with van der Waals surface area (Å²) in [7, 11) is 0. The van der Waals surface area contributed by atoms with Crippen LogP contribution in [0.1, 0.15) is 19.8 Å². The van der Waals surface area contributed by atoms with Crippen LogP contribution in [0.3, 0.4) is 0 Å². The number of terminal acetylenes is 1. The normalized spacial score (nSPS) is 16.0.